The maximum atomic E-state index is 13.6. The highest BCUT2D eigenvalue weighted by Gasteiger charge is 2.34. The lowest BCUT2D eigenvalue weighted by Crippen LogP contribution is -2.49. The molecule has 0 aliphatic carbocycles. The molecule has 0 spiro atoms. The highest BCUT2D eigenvalue weighted by Crippen LogP contribution is 2.34. The third kappa shape index (κ3) is 6.50. The van der Waals surface area contributed by atoms with Gasteiger partial charge in [0.2, 0.25) is 11.8 Å². The number of aliphatic imine (C=N–C) groups is 2. The average molecular weight is 455 g/mol. The summed E-state index contributed by atoms with van der Waals surface area (Å²) in [6, 6.07) is 25.9. The predicted octanol–water partition coefficient (Wildman–Crippen LogP) is 6.14. The molecule has 174 valence electrons. The first-order chi connectivity index (χ1) is 16.2. The maximum absolute atomic E-state index is 13.6. The highest BCUT2D eigenvalue weighted by atomic mass is 16.2. The van der Waals surface area contributed by atoms with E-state index in [0.29, 0.717) is 16.9 Å². The van der Waals surface area contributed by atoms with Gasteiger partial charge < -0.3 is 5.32 Å². The van der Waals surface area contributed by atoms with Crippen LogP contribution in [0.5, 0.6) is 0 Å². The molecule has 3 aromatic carbocycles. The lowest BCUT2D eigenvalue weighted by molar-refractivity contribution is -0.127. The highest BCUT2D eigenvalue weighted by molar-refractivity contribution is 6.01. The van der Waals surface area contributed by atoms with Crippen LogP contribution in [0.15, 0.2) is 88.8 Å². The number of anilines is 1. The summed E-state index contributed by atoms with van der Waals surface area (Å²) in [5.74, 6) is -0.558. The number of hydrogen-bond donors (Lipinski definition) is 1. The largest absolute Gasteiger partial charge is 0.349 e. The Labute approximate surface area is 201 Å². The fourth-order valence-corrected chi connectivity index (χ4v) is 3.59. The van der Waals surface area contributed by atoms with E-state index in [1.54, 1.807) is 12.1 Å². The van der Waals surface area contributed by atoms with E-state index in [-0.39, 0.29) is 11.8 Å². The van der Waals surface area contributed by atoms with Gasteiger partial charge in [0.1, 0.15) is 12.1 Å². The number of hydrogen-bond acceptors (Lipinski definition) is 4. The molecule has 3 rings (SSSR count). The Hall–Kier alpha value is -4.02. The Balaban J connectivity index is 2.12. The van der Waals surface area contributed by atoms with E-state index in [1.165, 1.54) is 11.8 Å². The topological polar surface area (TPSA) is 74.1 Å². The van der Waals surface area contributed by atoms with Crippen LogP contribution in [-0.2, 0) is 9.59 Å². The fraction of sp³-hybridized carbons (Fsp3) is 0.250. The summed E-state index contributed by atoms with van der Waals surface area (Å²) in [6.45, 7) is 9.16. The standard InChI is InChI=1S/C28H30N4O2/c1-20-12-11-13-22(18-20)29-19-30-25-17-10-9-16-24(25)26(27(34)31-28(3,4)5)32(21(2)33)23-14-7-6-8-15-23/h6-18,26H,1-5H3,(H,31,34). The third-order valence-corrected chi connectivity index (χ3v) is 4.96. The van der Waals surface area contributed by atoms with Crippen LogP contribution >= 0.6 is 0 Å². The molecule has 0 saturated carbocycles. The van der Waals surface area contributed by atoms with E-state index in [9.17, 15) is 9.59 Å². The third-order valence-electron chi connectivity index (χ3n) is 4.96. The van der Waals surface area contributed by atoms with Crippen molar-refractivity contribution in [3.8, 4) is 0 Å². The molecule has 0 saturated heterocycles. The van der Waals surface area contributed by atoms with Crippen LogP contribution in [-0.4, -0.2) is 23.4 Å². The fourth-order valence-electron chi connectivity index (χ4n) is 3.59. The van der Waals surface area contributed by atoms with Crippen LogP contribution in [0.25, 0.3) is 0 Å². The molecule has 0 aliphatic heterocycles. The second-order valence-electron chi connectivity index (χ2n) is 9.09. The van der Waals surface area contributed by atoms with Crippen LogP contribution in [0.3, 0.4) is 0 Å². The van der Waals surface area contributed by atoms with Crippen molar-refractivity contribution in [2.75, 3.05) is 4.90 Å². The molecule has 34 heavy (non-hydrogen) atoms. The average Bonchev–Trinajstić information content (AvgIpc) is 2.77. The molecule has 0 fully saturated rings. The molecular weight excluding hydrogens is 424 g/mol. The number of rotatable bonds is 6. The summed E-state index contributed by atoms with van der Waals surface area (Å²) < 4.78 is 0. The lowest BCUT2D eigenvalue weighted by atomic mass is 9.99. The molecule has 6 heteroatoms. The van der Waals surface area contributed by atoms with E-state index >= 15 is 0 Å². The van der Waals surface area contributed by atoms with Gasteiger partial charge >= 0.3 is 0 Å². The Morgan fingerprint density at radius 3 is 2.24 bits per heavy atom. The summed E-state index contributed by atoms with van der Waals surface area (Å²) >= 11 is 0. The Morgan fingerprint density at radius 1 is 0.912 bits per heavy atom. The quantitative estimate of drug-likeness (QED) is 0.454. The van der Waals surface area contributed by atoms with Crippen molar-refractivity contribution >= 4 is 34.9 Å². The van der Waals surface area contributed by atoms with E-state index in [2.05, 4.69) is 21.3 Å². The molecule has 1 unspecified atom stereocenters. The first-order valence-corrected chi connectivity index (χ1v) is 11.1. The Morgan fingerprint density at radius 2 is 1.59 bits per heavy atom. The van der Waals surface area contributed by atoms with Crippen LogP contribution in [0, 0.1) is 6.92 Å². The van der Waals surface area contributed by atoms with Gasteiger partial charge in [-0.1, -0.05) is 48.5 Å². The SMILES string of the molecule is CC(=O)N(c1ccccc1)C(C(=O)NC(C)(C)C)c1ccccc1N=C=Nc1cccc(C)c1. The molecular formula is C28H30N4O2. The van der Waals surface area contributed by atoms with E-state index in [1.807, 2.05) is 94.4 Å². The number of nitrogens with zero attached hydrogens (tertiary/aromatic N) is 3. The molecule has 3 aromatic rings. The van der Waals surface area contributed by atoms with Gasteiger partial charge in [-0.25, -0.2) is 0 Å². The van der Waals surface area contributed by atoms with Crippen LogP contribution in [0.2, 0.25) is 0 Å². The Kier molecular flexibility index (Phi) is 7.77. The minimum atomic E-state index is -0.931. The summed E-state index contributed by atoms with van der Waals surface area (Å²) in [4.78, 5) is 36.7. The molecule has 2 amide bonds. The van der Waals surface area contributed by atoms with Gasteiger partial charge in [0.15, 0.2) is 0 Å². The zero-order valence-electron chi connectivity index (χ0n) is 20.2. The van der Waals surface area contributed by atoms with Gasteiger partial charge in [0.25, 0.3) is 0 Å². The zero-order valence-corrected chi connectivity index (χ0v) is 20.2. The van der Waals surface area contributed by atoms with Crippen LogP contribution < -0.4 is 10.2 Å². The molecule has 6 nitrogen and oxygen atoms in total. The number of amides is 2. The van der Waals surface area contributed by atoms with Crippen molar-refractivity contribution < 1.29 is 9.59 Å². The summed E-state index contributed by atoms with van der Waals surface area (Å²) in [6.07, 6.45) is 0. The van der Waals surface area contributed by atoms with Crippen molar-refractivity contribution in [1.82, 2.24) is 5.32 Å². The van der Waals surface area contributed by atoms with Crippen LogP contribution in [0.1, 0.15) is 44.9 Å². The number of aryl methyl sites for hydroxylation is 1. The number of benzene rings is 3. The second kappa shape index (κ2) is 10.7. The van der Waals surface area contributed by atoms with Gasteiger partial charge in [-0.3, -0.25) is 14.5 Å². The van der Waals surface area contributed by atoms with Crippen molar-refractivity contribution in [2.24, 2.45) is 9.98 Å². The summed E-state index contributed by atoms with van der Waals surface area (Å²) in [7, 11) is 0. The number of carbonyl (C=O) groups excluding carboxylic acids is 2. The van der Waals surface area contributed by atoms with Gasteiger partial charge in [-0.2, -0.15) is 9.98 Å². The maximum Gasteiger partial charge on any atom is 0.248 e. The predicted molar refractivity (Wildman–Crippen MR) is 137 cm³/mol. The number of nitrogens with one attached hydrogen (secondary N) is 1. The normalized spacial score (nSPS) is 11.7. The van der Waals surface area contributed by atoms with E-state index in [4.69, 9.17) is 0 Å². The number of para-hydroxylation sites is 2. The van der Waals surface area contributed by atoms with Gasteiger partial charge in [-0.15, -0.1) is 0 Å². The second-order valence-corrected chi connectivity index (χ2v) is 9.09. The zero-order chi connectivity index (χ0) is 24.7. The van der Waals surface area contributed by atoms with Gasteiger partial charge in [0, 0.05) is 23.7 Å². The Bertz CT molecular complexity index is 1220. The monoisotopic (exact) mass is 454 g/mol. The van der Waals surface area contributed by atoms with E-state index < -0.39 is 11.6 Å². The molecule has 0 heterocycles. The van der Waals surface area contributed by atoms with Crippen molar-refractivity contribution in [3.05, 3.63) is 90.0 Å². The van der Waals surface area contributed by atoms with E-state index in [0.717, 1.165) is 11.3 Å². The minimum absolute atomic E-state index is 0.257. The first kappa shape index (κ1) is 24.6. The molecule has 0 aliphatic rings. The van der Waals surface area contributed by atoms with Gasteiger partial charge in [0.05, 0.1) is 11.4 Å². The summed E-state index contributed by atoms with van der Waals surface area (Å²) in [5, 5.41) is 3.02. The number of carbonyl (C=O) groups is 2. The minimum Gasteiger partial charge on any atom is -0.349 e. The molecule has 0 bridgehead atoms. The molecule has 1 atom stereocenters. The molecule has 1 N–H and O–H groups in total. The van der Waals surface area contributed by atoms with Crippen molar-refractivity contribution in [2.45, 2.75) is 46.2 Å². The van der Waals surface area contributed by atoms with Crippen molar-refractivity contribution in [1.29, 1.82) is 0 Å². The smallest absolute Gasteiger partial charge is 0.248 e. The molecule has 0 radical (unpaired) electrons. The van der Waals surface area contributed by atoms with Crippen molar-refractivity contribution in [3.63, 3.8) is 0 Å². The first-order valence-electron chi connectivity index (χ1n) is 11.1. The molecule has 0 aromatic heterocycles. The lowest BCUT2D eigenvalue weighted by Gasteiger charge is -2.33. The van der Waals surface area contributed by atoms with Gasteiger partial charge in [-0.05, 0) is 63.6 Å². The summed E-state index contributed by atoms with van der Waals surface area (Å²) in [5.41, 5.74) is 3.04. The van der Waals surface area contributed by atoms with Crippen LogP contribution in [0.4, 0.5) is 17.1 Å².